The summed E-state index contributed by atoms with van der Waals surface area (Å²) in [6.45, 7) is 0. The van der Waals surface area contributed by atoms with Gasteiger partial charge in [-0.25, -0.2) is 4.98 Å². The predicted octanol–water partition coefficient (Wildman–Crippen LogP) is 0.471. The second-order valence-electron chi connectivity index (χ2n) is 2.36. The molecule has 0 spiro atoms. The average molecular weight is 220 g/mol. The maximum atomic E-state index is 10.6. The lowest BCUT2D eigenvalue weighted by Crippen LogP contribution is -2.35. The molecule has 0 aliphatic carbocycles. The highest BCUT2D eigenvalue weighted by atomic mass is 32.1. The Morgan fingerprint density at radius 1 is 1.85 bits per heavy atom. The summed E-state index contributed by atoms with van der Waals surface area (Å²) in [6.07, 6.45) is 0.440. The lowest BCUT2D eigenvalue weighted by molar-refractivity contribution is -0.139. The van der Waals surface area contributed by atoms with E-state index in [1.54, 1.807) is 12.6 Å². The van der Waals surface area contributed by atoms with Gasteiger partial charge in [0.2, 0.25) is 0 Å². The number of carboxylic acids is 1. The SMILES string of the molecule is CN[C@@H](Cc1cscn1)C(=O)O.S. The number of likely N-dealkylation sites (N-methyl/N-ethyl adjacent to an activating group) is 1. The van der Waals surface area contributed by atoms with E-state index in [-0.39, 0.29) is 13.5 Å². The van der Waals surface area contributed by atoms with Crippen LogP contribution in [-0.2, 0) is 11.2 Å². The first kappa shape index (κ1) is 12.4. The number of aliphatic carboxylic acids is 1. The molecule has 0 amide bonds. The lowest BCUT2D eigenvalue weighted by Gasteiger charge is -2.07. The summed E-state index contributed by atoms with van der Waals surface area (Å²) in [7, 11) is 1.63. The Hall–Kier alpha value is -0.590. The second kappa shape index (κ2) is 5.95. The average Bonchev–Trinajstić information content (AvgIpc) is 2.51. The molecule has 0 unspecified atom stereocenters. The molecule has 4 nitrogen and oxygen atoms in total. The molecule has 0 radical (unpaired) electrons. The molecule has 0 aliphatic heterocycles. The molecule has 1 atom stereocenters. The fourth-order valence-electron chi connectivity index (χ4n) is 0.860. The second-order valence-corrected chi connectivity index (χ2v) is 3.08. The summed E-state index contributed by atoms with van der Waals surface area (Å²) < 4.78 is 0. The van der Waals surface area contributed by atoms with Crippen molar-refractivity contribution in [3.63, 3.8) is 0 Å². The fraction of sp³-hybridized carbons (Fsp3) is 0.429. The highest BCUT2D eigenvalue weighted by Crippen LogP contribution is 2.04. The minimum absolute atomic E-state index is 0. The first-order valence-corrected chi connectivity index (χ1v) is 4.45. The van der Waals surface area contributed by atoms with Gasteiger partial charge < -0.3 is 10.4 Å². The molecule has 0 aliphatic rings. The number of thiazole rings is 1. The van der Waals surface area contributed by atoms with Crippen molar-refractivity contribution >= 4 is 30.8 Å². The Labute approximate surface area is 87.4 Å². The number of nitrogens with one attached hydrogen (secondary N) is 1. The van der Waals surface area contributed by atoms with Crippen molar-refractivity contribution in [1.82, 2.24) is 10.3 Å². The Bertz CT molecular complexity index is 251. The first-order valence-electron chi connectivity index (χ1n) is 3.51. The van der Waals surface area contributed by atoms with Gasteiger partial charge >= 0.3 is 5.97 Å². The van der Waals surface area contributed by atoms with Gasteiger partial charge in [-0.1, -0.05) is 0 Å². The quantitative estimate of drug-likeness (QED) is 0.774. The van der Waals surface area contributed by atoms with Crippen LogP contribution in [0.4, 0.5) is 0 Å². The minimum atomic E-state index is -0.842. The van der Waals surface area contributed by atoms with Gasteiger partial charge in [-0.3, -0.25) is 4.79 Å². The third-order valence-electron chi connectivity index (χ3n) is 1.54. The van der Waals surface area contributed by atoms with Crippen LogP contribution in [0.3, 0.4) is 0 Å². The van der Waals surface area contributed by atoms with E-state index < -0.39 is 12.0 Å². The zero-order valence-corrected chi connectivity index (χ0v) is 8.97. The van der Waals surface area contributed by atoms with Crippen LogP contribution in [0.25, 0.3) is 0 Å². The molecular formula is C7H12N2O2S2. The molecule has 1 heterocycles. The molecule has 0 saturated heterocycles. The summed E-state index contributed by atoms with van der Waals surface area (Å²) in [5.41, 5.74) is 2.52. The molecule has 1 aromatic heterocycles. The van der Waals surface area contributed by atoms with Crippen LogP contribution in [0.5, 0.6) is 0 Å². The summed E-state index contributed by atoms with van der Waals surface area (Å²) in [5.74, 6) is -0.842. The summed E-state index contributed by atoms with van der Waals surface area (Å²) in [6, 6.07) is -0.535. The summed E-state index contributed by atoms with van der Waals surface area (Å²) >= 11 is 1.47. The maximum Gasteiger partial charge on any atom is 0.321 e. The molecule has 13 heavy (non-hydrogen) atoms. The summed E-state index contributed by atoms with van der Waals surface area (Å²) in [5, 5.41) is 13.2. The van der Waals surface area contributed by atoms with Gasteiger partial charge in [0.15, 0.2) is 0 Å². The molecule has 0 bridgehead atoms. The number of carboxylic acid groups (broad SMARTS) is 1. The van der Waals surface area contributed by atoms with E-state index >= 15 is 0 Å². The molecule has 0 fully saturated rings. The van der Waals surface area contributed by atoms with Crippen LogP contribution in [0.1, 0.15) is 5.69 Å². The van der Waals surface area contributed by atoms with Crippen molar-refractivity contribution in [2.24, 2.45) is 0 Å². The van der Waals surface area contributed by atoms with Crippen molar-refractivity contribution < 1.29 is 9.90 Å². The van der Waals surface area contributed by atoms with Gasteiger partial charge in [-0.05, 0) is 7.05 Å². The Morgan fingerprint density at radius 2 is 2.54 bits per heavy atom. The van der Waals surface area contributed by atoms with Crippen molar-refractivity contribution in [3.05, 3.63) is 16.6 Å². The molecule has 0 aromatic carbocycles. The first-order chi connectivity index (χ1) is 5.74. The van der Waals surface area contributed by atoms with Crippen molar-refractivity contribution in [2.45, 2.75) is 12.5 Å². The Morgan fingerprint density at radius 3 is 2.92 bits per heavy atom. The van der Waals surface area contributed by atoms with Gasteiger partial charge in [0.05, 0.1) is 11.2 Å². The molecule has 1 rings (SSSR count). The van der Waals surface area contributed by atoms with E-state index in [4.69, 9.17) is 5.11 Å². The zero-order chi connectivity index (χ0) is 8.97. The standard InChI is InChI=1S/C7H10N2O2S.H2S/c1-8-6(7(10)11)2-5-3-12-4-9-5;/h3-4,6,8H,2H2,1H3,(H,10,11);1H2/t6-;/m0./s1. The van der Waals surface area contributed by atoms with Gasteiger partial charge in [0.1, 0.15) is 6.04 Å². The van der Waals surface area contributed by atoms with Crippen molar-refractivity contribution in [2.75, 3.05) is 7.05 Å². The van der Waals surface area contributed by atoms with Gasteiger partial charge in [-0.15, -0.1) is 11.3 Å². The number of hydrogen-bond acceptors (Lipinski definition) is 4. The summed E-state index contributed by atoms with van der Waals surface area (Å²) in [4.78, 5) is 14.6. The number of carbonyl (C=O) groups is 1. The van der Waals surface area contributed by atoms with E-state index in [2.05, 4.69) is 10.3 Å². The van der Waals surface area contributed by atoms with E-state index in [0.717, 1.165) is 5.69 Å². The van der Waals surface area contributed by atoms with Crippen molar-refractivity contribution in [1.29, 1.82) is 0 Å². The van der Waals surface area contributed by atoms with Crippen LogP contribution in [0.15, 0.2) is 10.9 Å². The van der Waals surface area contributed by atoms with E-state index in [9.17, 15) is 4.79 Å². The normalized spacial score (nSPS) is 11.8. The van der Waals surface area contributed by atoms with E-state index in [0.29, 0.717) is 6.42 Å². The van der Waals surface area contributed by atoms with Crippen LogP contribution in [-0.4, -0.2) is 29.1 Å². The van der Waals surface area contributed by atoms with Gasteiger partial charge in [0, 0.05) is 11.8 Å². The van der Waals surface area contributed by atoms with E-state index in [1.165, 1.54) is 11.3 Å². The minimum Gasteiger partial charge on any atom is -0.480 e. The van der Waals surface area contributed by atoms with Gasteiger partial charge in [0.25, 0.3) is 0 Å². The molecular weight excluding hydrogens is 208 g/mol. The van der Waals surface area contributed by atoms with E-state index in [1.807, 2.05) is 5.38 Å². The smallest absolute Gasteiger partial charge is 0.321 e. The zero-order valence-electron chi connectivity index (χ0n) is 7.15. The van der Waals surface area contributed by atoms with Gasteiger partial charge in [-0.2, -0.15) is 13.5 Å². The Kier molecular flexibility index (Phi) is 5.68. The third-order valence-corrected chi connectivity index (χ3v) is 2.18. The molecule has 0 saturated carbocycles. The number of nitrogens with zero attached hydrogens (tertiary/aromatic N) is 1. The topological polar surface area (TPSA) is 62.2 Å². The largest absolute Gasteiger partial charge is 0.480 e. The predicted molar refractivity (Wildman–Crippen MR) is 56.7 cm³/mol. The van der Waals surface area contributed by atoms with Crippen LogP contribution < -0.4 is 5.32 Å². The third kappa shape index (κ3) is 3.75. The van der Waals surface area contributed by atoms with Crippen molar-refractivity contribution in [3.8, 4) is 0 Å². The maximum absolute atomic E-state index is 10.6. The molecule has 1 aromatic rings. The number of hydrogen-bond donors (Lipinski definition) is 2. The number of aromatic nitrogens is 1. The monoisotopic (exact) mass is 220 g/mol. The number of rotatable bonds is 4. The molecule has 2 N–H and O–H groups in total. The highest BCUT2D eigenvalue weighted by molar-refractivity contribution is 7.59. The van der Waals surface area contributed by atoms with Crippen LogP contribution in [0, 0.1) is 0 Å². The lowest BCUT2D eigenvalue weighted by atomic mass is 10.2. The van der Waals surface area contributed by atoms with Crippen LogP contribution >= 0.6 is 24.8 Å². The molecule has 6 heteroatoms. The van der Waals surface area contributed by atoms with Crippen LogP contribution in [0.2, 0.25) is 0 Å². The Balaban J connectivity index is 0.00000144. The fourth-order valence-corrected chi connectivity index (χ4v) is 1.43. The highest BCUT2D eigenvalue weighted by Gasteiger charge is 2.15. The molecule has 74 valence electrons.